The summed E-state index contributed by atoms with van der Waals surface area (Å²) in [5.74, 6) is 0.189. The van der Waals surface area contributed by atoms with Gasteiger partial charge in [0.2, 0.25) is 0 Å². The molecule has 0 N–H and O–H groups in total. The molecule has 0 aliphatic carbocycles. The van der Waals surface area contributed by atoms with Gasteiger partial charge in [-0.15, -0.1) is 0 Å². The molecule has 0 amide bonds. The molecule has 1 rings (SSSR count). The maximum Gasteiger partial charge on any atom is 0.123 e. The SMILES string of the molecule is Cc1[c]c(C(C)C)cc(F)c1. The Morgan fingerprint density at radius 3 is 2.45 bits per heavy atom. The normalized spacial score (nSPS) is 10.6. The van der Waals surface area contributed by atoms with Crippen LogP contribution in [0, 0.1) is 18.8 Å². The van der Waals surface area contributed by atoms with E-state index in [9.17, 15) is 4.39 Å². The van der Waals surface area contributed by atoms with Crippen LogP contribution >= 0.6 is 0 Å². The minimum absolute atomic E-state index is 0.162. The fourth-order valence-electron chi connectivity index (χ4n) is 1.01. The van der Waals surface area contributed by atoms with Gasteiger partial charge in [0.05, 0.1) is 0 Å². The molecule has 0 unspecified atom stereocenters. The molecule has 1 heteroatoms. The fourth-order valence-corrected chi connectivity index (χ4v) is 1.01. The van der Waals surface area contributed by atoms with Gasteiger partial charge in [0, 0.05) is 0 Å². The van der Waals surface area contributed by atoms with Crippen LogP contribution in [0.2, 0.25) is 0 Å². The smallest absolute Gasteiger partial charge is 0.123 e. The highest BCUT2D eigenvalue weighted by Gasteiger charge is 2.01. The molecule has 0 nitrogen and oxygen atoms in total. The first kappa shape index (κ1) is 8.25. The highest BCUT2D eigenvalue weighted by molar-refractivity contribution is 5.24. The Labute approximate surface area is 67.1 Å². The zero-order chi connectivity index (χ0) is 8.43. The van der Waals surface area contributed by atoms with Crippen LogP contribution < -0.4 is 0 Å². The van der Waals surface area contributed by atoms with Gasteiger partial charge in [-0.05, 0) is 42.2 Å². The summed E-state index contributed by atoms with van der Waals surface area (Å²) in [5, 5.41) is 0. The summed E-state index contributed by atoms with van der Waals surface area (Å²) in [5.41, 5.74) is 1.82. The van der Waals surface area contributed by atoms with E-state index in [1.165, 1.54) is 12.1 Å². The summed E-state index contributed by atoms with van der Waals surface area (Å²) >= 11 is 0. The van der Waals surface area contributed by atoms with Crippen LogP contribution in [0.4, 0.5) is 4.39 Å². The highest BCUT2D eigenvalue weighted by atomic mass is 19.1. The Morgan fingerprint density at radius 2 is 2.00 bits per heavy atom. The molecule has 0 aromatic heterocycles. The topological polar surface area (TPSA) is 0 Å². The zero-order valence-corrected chi connectivity index (χ0v) is 7.11. The van der Waals surface area contributed by atoms with Gasteiger partial charge in [0.15, 0.2) is 0 Å². The lowest BCUT2D eigenvalue weighted by Crippen LogP contribution is -1.90. The maximum absolute atomic E-state index is 12.8. The summed E-state index contributed by atoms with van der Waals surface area (Å²) in [6.45, 7) is 5.92. The van der Waals surface area contributed by atoms with Gasteiger partial charge in [0.1, 0.15) is 5.82 Å². The van der Waals surface area contributed by atoms with E-state index in [0.717, 1.165) is 11.1 Å². The van der Waals surface area contributed by atoms with E-state index in [2.05, 4.69) is 6.07 Å². The molecule has 0 aliphatic heterocycles. The third-order valence-corrected chi connectivity index (χ3v) is 1.61. The number of halogens is 1. The van der Waals surface area contributed by atoms with Crippen LogP contribution in [-0.2, 0) is 0 Å². The van der Waals surface area contributed by atoms with Gasteiger partial charge >= 0.3 is 0 Å². The molecule has 1 aromatic rings. The number of hydrogen-bond donors (Lipinski definition) is 0. The second-order valence-corrected chi connectivity index (χ2v) is 3.09. The van der Waals surface area contributed by atoms with E-state index >= 15 is 0 Å². The van der Waals surface area contributed by atoms with E-state index in [0.29, 0.717) is 5.92 Å². The van der Waals surface area contributed by atoms with Crippen molar-refractivity contribution in [1.29, 1.82) is 0 Å². The van der Waals surface area contributed by atoms with Crippen molar-refractivity contribution >= 4 is 0 Å². The largest absolute Gasteiger partial charge is 0.207 e. The summed E-state index contributed by atoms with van der Waals surface area (Å²) in [7, 11) is 0. The van der Waals surface area contributed by atoms with Crippen molar-refractivity contribution in [2.45, 2.75) is 26.7 Å². The first-order chi connectivity index (χ1) is 5.09. The number of aryl methyl sites for hydroxylation is 1. The first-order valence-electron chi connectivity index (χ1n) is 3.79. The van der Waals surface area contributed by atoms with Crippen LogP contribution in [0.5, 0.6) is 0 Å². The van der Waals surface area contributed by atoms with Crippen LogP contribution in [-0.4, -0.2) is 0 Å². The van der Waals surface area contributed by atoms with E-state index in [1.807, 2.05) is 20.8 Å². The Balaban J connectivity index is 3.08. The Bertz CT molecular complexity index is 231. The predicted octanol–water partition coefficient (Wildman–Crippen LogP) is 3.06. The summed E-state index contributed by atoms with van der Waals surface area (Å²) in [4.78, 5) is 0. The van der Waals surface area contributed by atoms with Crippen molar-refractivity contribution in [1.82, 2.24) is 0 Å². The fraction of sp³-hybridized carbons (Fsp3) is 0.400. The van der Waals surface area contributed by atoms with E-state index < -0.39 is 0 Å². The molecule has 11 heavy (non-hydrogen) atoms. The average Bonchev–Trinajstić information content (AvgIpc) is 1.85. The van der Waals surface area contributed by atoms with E-state index in [4.69, 9.17) is 0 Å². The third kappa shape index (κ3) is 2.04. The monoisotopic (exact) mass is 151 g/mol. The molecule has 0 saturated heterocycles. The molecule has 0 bridgehead atoms. The predicted molar refractivity (Wildman–Crippen MR) is 44.1 cm³/mol. The quantitative estimate of drug-likeness (QED) is 0.578. The van der Waals surface area contributed by atoms with E-state index in [-0.39, 0.29) is 5.82 Å². The molecule has 1 radical (unpaired) electrons. The summed E-state index contributed by atoms with van der Waals surface area (Å²) in [6.07, 6.45) is 0. The minimum atomic E-state index is -0.162. The summed E-state index contributed by atoms with van der Waals surface area (Å²) in [6, 6.07) is 6.14. The van der Waals surface area contributed by atoms with Crippen molar-refractivity contribution in [2.75, 3.05) is 0 Å². The van der Waals surface area contributed by atoms with Crippen molar-refractivity contribution in [2.24, 2.45) is 0 Å². The van der Waals surface area contributed by atoms with Gasteiger partial charge in [-0.3, -0.25) is 0 Å². The van der Waals surface area contributed by atoms with Crippen molar-refractivity contribution in [3.05, 3.63) is 35.1 Å². The third-order valence-electron chi connectivity index (χ3n) is 1.61. The molecule has 59 valence electrons. The molecular weight excluding hydrogens is 139 g/mol. The summed E-state index contributed by atoms with van der Waals surface area (Å²) < 4.78 is 12.8. The second kappa shape index (κ2) is 3.04. The van der Waals surface area contributed by atoms with Crippen LogP contribution in [0.3, 0.4) is 0 Å². The first-order valence-corrected chi connectivity index (χ1v) is 3.79. The van der Waals surface area contributed by atoms with Gasteiger partial charge in [0.25, 0.3) is 0 Å². The Morgan fingerprint density at radius 1 is 1.36 bits per heavy atom. The minimum Gasteiger partial charge on any atom is -0.207 e. The maximum atomic E-state index is 12.8. The molecule has 0 spiro atoms. The zero-order valence-electron chi connectivity index (χ0n) is 7.11. The Kier molecular flexibility index (Phi) is 2.28. The molecule has 1 aromatic carbocycles. The van der Waals surface area contributed by atoms with Crippen molar-refractivity contribution in [3.63, 3.8) is 0 Å². The van der Waals surface area contributed by atoms with Crippen LogP contribution in [0.15, 0.2) is 12.1 Å². The van der Waals surface area contributed by atoms with Gasteiger partial charge in [-0.2, -0.15) is 0 Å². The molecular formula is C10H12F. The van der Waals surface area contributed by atoms with Crippen LogP contribution in [0.25, 0.3) is 0 Å². The standard InChI is InChI=1S/C10H12F/c1-7(2)9-4-8(3)5-10(11)6-9/h5-7H,1-3H3. The lowest BCUT2D eigenvalue weighted by molar-refractivity contribution is 0.621. The lowest BCUT2D eigenvalue weighted by Gasteiger charge is -2.05. The second-order valence-electron chi connectivity index (χ2n) is 3.09. The molecule has 0 aliphatic rings. The molecule has 0 heterocycles. The van der Waals surface area contributed by atoms with Crippen LogP contribution in [0.1, 0.15) is 30.9 Å². The average molecular weight is 151 g/mol. The van der Waals surface area contributed by atoms with Gasteiger partial charge in [-0.1, -0.05) is 13.8 Å². The molecule has 0 fully saturated rings. The molecule has 0 saturated carbocycles. The molecule has 0 atom stereocenters. The van der Waals surface area contributed by atoms with E-state index in [1.54, 1.807) is 0 Å². The van der Waals surface area contributed by atoms with Gasteiger partial charge in [-0.25, -0.2) is 4.39 Å². The van der Waals surface area contributed by atoms with Crippen molar-refractivity contribution in [3.8, 4) is 0 Å². The number of benzene rings is 1. The lowest BCUT2D eigenvalue weighted by atomic mass is 10.0. The highest BCUT2D eigenvalue weighted by Crippen LogP contribution is 2.16. The van der Waals surface area contributed by atoms with Crippen molar-refractivity contribution < 1.29 is 4.39 Å². The Hall–Kier alpha value is -0.850. The number of hydrogen-bond acceptors (Lipinski definition) is 0. The number of rotatable bonds is 1. The van der Waals surface area contributed by atoms with Gasteiger partial charge < -0.3 is 0 Å².